The van der Waals surface area contributed by atoms with E-state index in [2.05, 4.69) is 21.0 Å². The number of carbonyl (C=O) groups is 1. The molecule has 0 radical (unpaired) electrons. The molecule has 6 rings (SSSR count). The van der Waals surface area contributed by atoms with Crippen LogP contribution in [0.4, 0.5) is 19.4 Å². The summed E-state index contributed by atoms with van der Waals surface area (Å²) in [5.41, 5.74) is -0.505. The van der Waals surface area contributed by atoms with E-state index in [0.717, 1.165) is 6.42 Å². The number of hydrogen-bond donors (Lipinski definition) is 0. The van der Waals surface area contributed by atoms with Crippen LogP contribution < -0.4 is 9.64 Å². The lowest BCUT2D eigenvalue weighted by molar-refractivity contribution is -0.0733. The molecule has 2 aliphatic heterocycles. The molecule has 0 saturated carbocycles. The van der Waals surface area contributed by atoms with E-state index in [-0.39, 0.29) is 54.5 Å². The number of carbonyl (C=O) groups excluding carboxylic acids is 1. The second-order valence-electron chi connectivity index (χ2n) is 12.0. The highest BCUT2D eigenvalue weighted by atomic mass is 35.5. The Morgan fingerprint density at radius 2 is 2.00 bits per heavy atom. The molecule has 2 aromatic heterocycles. The van der Waals surface area contributed by atoms with Crippen molar-refractivity contribution in [3.63, 3.8) is 0 Å². The van der Waals surface area contributed by atoms with Gasteiger partial charge in [0, 0.05) is 49.8 Å². The van der Waals surface area contributed by atoms with E-state index in [0.29, 0.717) is 40.7 Å². The first kappa shape index (κ1) is 30.7. The van der Waals surface area contributed by atoms with Crippen molar-refractivity contribution >= 4 is 45.2 Å². The third-order valence-corrected chi connectivity index (χ3v) is 8.13. The fraction of sp³-hybridized carbons (Fsp3) is 0.406. The van der Waals surface area contributed by atoms with Crippen LogP contribution in [0.3, 0.4) is 0 Å². The third kappa shape index (κ3) is 6.15. The van der Waals surface area contributed by atoms with Gasteiger partial charge in [-0.2, -0.15) is 15.2 Å². The number of hydrogen-bond acceptors (Lipinski definition) is 9. The molecular formula is C32H31ClF2N6O4. The summed E-state index contributed by atoms with van der Waals surface area (Å²) in [6.07, 6.45) is 1.71. The number of nitriles is 1. The average molecular weight is 637 g/mol. The minimum absolute atomic E-state index is 0.0505. The number of anilines is 1. The predicted molar refractivity (Wildman–Crippen MR) is 164 cm³/mol. The summed E-state index contributed by atoms with van der Waals surface area (Å²) in [6, 6.07) is 9.51. The second kappa shape index (κ2) is 12.2. The molecule has 2 saturated heterocycles. The molecule has 2 atom stereocenters. The Morgan fingerprint density at radius 3 is 2.71 bits per heavy atom. The number of nitrogens with zero attached hydrogens (tertiary/aromatic N) is 6. The highest BCUT2D eigenvalue weighted by molar-refractivity contribution is 6.36. The number of rotatable bonds is 6. The lowest BCUT2D eigenvalue weighted by Crippen LogP contribution is -2.56. The minimum Gasteiger partial charge on any atom is -0.461 e. The third-order valence-electron chi connectivity index (χ3n) is 7.76. The van der Waals surface area contributed by atoms with Crippen molar-refractivity contribution < 1.29 is 27.8 Å². The van der Waals surface area contributed by atoms with E-state index < -0.39 is 29.4 Å². The lowest BCUT2D eigenvalue weighted by atomic mass is 10.0. The Balaban J connectivity index is 1.43. The molecule has 1 unspecified atom stereocenters. The maximum absolute atomic E-state index is 16.5. The molecule has 234 valence electrons. The van der Waals surface area contributed by atoms with Gasteiger partial charge in [0.2, 0.25) is 0 Å². The number of benzene rings is 2. The average Bonchev–Trinajstić information content (AvgIpc) is 2.97. The SMILES string of the molecule is CC(C)(C)OC(=O)N1CCN(c2nc(OCC3CCO3)nc3c(F)c(-c4cccc5ccc(F)c(Cl)c45)ncc23)C[C@@H]1CC#N. The molecule has 45 heavy (non-hydrogen) atoms. The van der Waals surface area contributed by atoms with Crippen molar-refractivity contribution in [2.45, 2.75) is 51.4 Å². The topological polar surface area (TPSA) is 114 Å². The Labute approximate surface area is 263 Å². The summed E-state index contributed by atoms with van der Waals surface area (Å²) in [5.74, 6) is -1.04. The molecule has 10 nitrogen and oxygen atoms in total. The number of amides is 1. The van der Waals surface area contributed by atoms with Gasteiger partial charge in [0.25, 0.3) is 0 Å². The van der Waals surface area contributed by atoms with E-state index >= 15 is 4.39 Å². The van der Waals surface area contributed by atoms with Gasteiger partial charge in [0.15, 0.2) is 5.82 Å². The summed E-state index contributed by atoms with van der Waals surface area (Å²) >= 11 is 6.35. The van der Waals surface area contributed by atoms with Gasteiger partial charge in [-0.25, -0.2) is 13.6 Å². The van der Waals surface area contributed by atoms with Gasteiger partial charge < -0.3 is 24.0 Å². The molecule has 4 aromatic rings. The summed E-state index contributed by atoms with van der Waals surface area (Å²) < 4.78 is 47.9. The molecule has 4 heterocycles. The van der Waals surface area contributed by atoms with E-state index in [1.165, 1.54) is 12.3 Å². The zero-order valence-corrected chi connectivity index (χ0v) is 25.8. The molecule has 0 aliphatic carbocycles. The fourth-order valence-corrected chi connectivity index (χ4v) is 5.77. The highest BCUT2D eigenvalue weighted by Gasteiger charge is 2.35. The van der Waals surface area contributed by atoms with Gasteiger partial charge >= 0.3 is 12.1 Å². The Kier molecular flexibility index (Phi) is 8.33. The molecule has 2 aliphatic rings. The maximum Gasteiger partial charge on any atom is 0.410 e. The first-order valence-electron chi connectivity index (χ1n) is 14.6. The highest BCUT2D eigenvalue weighted by Crippen LogP contribution is 2.38. The second-order valence-corrected chi connectivity index (χ2v) is 12.4. The number of piperazine rings is 1. The summed E-state index contributed by atoms with van der Waals surface area (Å²) in [6.45, 7) is 6.95. The maximum atomic E-state index is 16.5. The Bertz CT molecular complexity index is 1820. The van der Waals surface area contributed by atoms with Crippen LogP contribution in [0.15, 0.2) is 36.5 Å². The van der Waals surface area contributed by atoms with Crippen molar-refractivity contribution in [3.05, 3.63) is 53.2 Å². The Morgan fingerprint density at radius 1 is 1.20 bits per heavy atom. The van der Waals surface area contributed by atoms with Crippen LogP contribution in [0.25, 0.3) is 32.9 Å². The normalized spacial score (nSPS) is 18.5. The molecule has 2 fully saturated rings. The van der Waals surface area contributed by atoms with Crippen LogP contribution in [-0.2, 0) is 9.47 Å². The summed E-state index contributed by atoms with van der Waals surface area (Å²) in [5, 5.41) is 10.7. The molecule has 13 heteroatoms. The van der Waals surface area contributed by atoms with Gasteiger partial charge in [0.05, 0.1) is 35.0 Å². The first-order chi connectivity index (χ1) is 21.5. The minimum atomic E-state index is -0.755. The van der Waals surface area contributed by atoms with Crippen LogP contribution in [0.1, 0.15) is 33.6 Å². The van der Waals surface area contributed by atoms with Gasteiger partial charge in [0.1, 0.15) is 35.1 Å². The van der Waals surface area contributed by atoms with Gasteiger partial charge in [-0.15, -0.1) is 0 Å². The zero-order valence-electron chi connectivity index (χ0n) is 25.0. The molecular weight excluding hydrogens is 606 g/mol. The predicted octanol–water partition coefficient (Wildman–Crippen LogP) is 6.28. The summed E-state index contributed by atoms with van der Waals surface area (Å²) in [7, 11) is 0. The van der Waals surface area contributed by atoms with Gasteiger partial charge in [-0.05, 0) is 32.2 Å². The van der Waals surface area contributed by atoms with Crippen molar-refractivity contribution in [1.29, 1.82) is 5.26 Å². The lowest BCUT2D eigenvalue weighted by Gasteiger charge is -2.41. The zero-order chi connectivity index (χ0) is 31.9. The quantitative estimate of drug-likeness (QED) is 0.241. The monoisotopic (exact) mass is 636 g/mol. The number of pyridine rings is 1. The smallest absolute Gasteiger partial charge is 0.410 e. The number of halogens is 3. The van der Waals surface area contributed by atoms with Crippen molar-refractivity contribution in [2.24, 2.45) is 0 Å². The van der Waals surface area contributed by atoms with E-state index in [4.69, 9.17) is 25.8 Å². The van der Waals surface area contributed by atoms with Crippen LogP contribution in [0.5, 0.6) is 6.01 Å². The Hall–Kier alpha value is -4.34. The molecule has 2 aromatic carbocycles. The molecule has 1 amide bonds. The first-order valence-corrected chi connectivity index (χ1v) is 15.0. The van der Waals surface area contributed by atoms with Gasteiger partial charge in [-0.3, -0.25) is 4.98 Å². The van der Waals surface area contributed by atoms with Crippen LogP contribution >= 0.6 is 11.6 Å². The molecule has 0 bridgehead atoms. The fourth-order valence-electron chi connectivity index (χ4n) is 5.49. The number of aromatic nitrogens is 3. The number of fused-ring (bicyclic) bond motifs is 2. The van der Waals surface area contributed by atoms with E-state index in [1.54, 1.807) is 49.9 Å². The van der Waals surface area contributed by atoms with Crippen LogP contribution in [0, 0.1) is 23.0 Å². The van der Waals surface area contributed by atoms with E-state index in [1.807, 2.05) is 4.90 Å². The van der Waals surface area contributed by atoms with Gasteiger partial charge in [-0.1, -0.05) is 35.9 Å². The van der Waals surface area contributed by atoms with E-state index in [9.17, 15) is 14.4 Å². The van der Waals surface area contributed by atoms with Crippen molar-refractivity contribution in [2.75, 3.05) is 37.7 Å². The molecule has 0 N–H and O–H groups in total. The molecule has 0 spiro atoms. The standard InChI is InChI=1S/C32H31ClF2N6O4/c1-32(2,3)45-31(42)41-13-12-40(16-19(41)9-11-36)29-22-15-37-27(21-6-4-5-18-7-8-23(34)25(33)24(18)21)26(35)28(22)38-30(39-29)44-17-20-10-14-43-20/h4-8,15,19-20H,9-10,12-14,16-17H2,1-3H3/t19-,20?/m0/s1. The van der Waals surface area contributed by atoms with Crippen LogP contribution in [-0.4, -0.2) is 76.5 Å². The summed E-state index contributed by atoms with van der Waals surface area (Å²) in [4.78, 5) is 29.9. The van der Waals surface area contributed by atoms with Crippen molar-refractivity contribution in [3.8, 4) is 23.3 Å². The number of ether oxygens (including phenoxy) is 3. The van der Waals surface area contributed by atoms with Crippen LogP contribution in [0.2, 0.25) is 5.02 Å². The largest absolute Gasteiger partial charge is 0.461 e. The van der Waals surface area contributed by atoms with Crippen molar-refractivity contribution in [1.82, 2.24) is 19.9 Å².